The van der Waals surface area contributed by atoms with E-state index in [1.807, 2.05) is 6.92 Å². The Balaban J connectivity index is 1.37. The second kappa shape index (κ2) is 6.33. The van der Waals surface area contributed by atoms with Crippen molar-refractivity contribution in [1.29, 1.82) is 0 Å². The van der Waals surface area contributed by atoms with Crippen molar-refractivity contribution in [3.8, 4) is 5.75 Å². The van der Waals surface area contributed by atoms with E-state index in [0.717, 1.165) is 57.7 Å². The number of rotatable bonds is 4. The maximum Gasteiger partial charge on any atom is 0.322 e. The molecule has 3 aliphatic heterocycles. The van der Waals surface area contributed by atoms with Crippen LogP contribution in [0.15, 0.2) is 18.2 Å². The molecule has 3 amide bonds. The summed E-state index contributed by atoms with van der Waals surface area (Å²) in [5, 5.41) is 5.21. The highest BCUT2D eigenvalue weighted by molar-refractivity contribution is 6.07. The molecule has 2 N–H and O–H groups in total. The maximum absolute atomic E-state index is 12.2. The second-order valence-electron chi connectivity index (χ2n) is 7.54. The van der Waals surface area contributed by atoms with Crippen molar-refractivity contribution in [2.75, 3.05) is 26.2 Å². The molecule has 0 radical (unpaired) electrons. The van der Waals surface area contributed by atoms with Gasteiger partial charge in [-0.2, -0.15) is 0 Å². The summed E-state index contributed by atoms with van der Waals surface area (Å²) in [6.45, 7) is 5.51. The fourth-order valence-electron chi connectivity index (χ4n) is 4.26. The molecule has 0 aliphatic carbocycles. The van der Waals surface area contributed by atoms with Crippen LogP contribution in [0.25, 0.3) is 0 Å². The molecule has 0 saturated carbocycles. The lowest BCUT2D eigenvalue weighted by Crippen LogP contribution is -2.55. The maximum atomic E-state index is 12.2. The molecule has 134 valence electrons. The summed E-state index contributed by atoms with van der Waals surface area (Å²) >= 11 is 0. The number of carbonyl (C=O) groups excluding carboxylic acids is 2. The van der Waals surface area contributed by atoms with Gasteiger partial charge in [0.15, 0.2) is 0 Å². The smallest absolute Gasteiger partial charge is 0.322 e. The van der Waals surface area contributed by atoms with Crippen LogP contribution in [-0.2, 0) is 17.6 Å². The Morgan fingerprint density at radius 2 is 2.24 bits per heavy atom. The molecule has 6 heteroatoms. The Hall–Kier alpha value is -2.08. The van der Waals surface area contributed by atoms with Gasteiger partial charge >= 0.3 is 6.03 Å². The number of likely N-dealkylation sites (tertiary alicyclic amines) is 1. The largest absolute Gasteiger partial charge is 0.493 e. The van der Waals surface area contributed by atoms with E-state index in [1.54, 1.807) is 0 Å². The quantitative estimate of drug-likeness (QED) is 0.813. The molecule has 1 aromatic rings. The van der Waals surface area contributed by atoms with Crippen molar-refractivity contribution >= 4 is 11.9 Å². The number of urea groups is 1. The number of fused-ring (bicyclic) bond motifs is 1. The van der Waals surface area contributed by atoms with Crippen LogP contribution >= 0.6 is 0 Å². The molecule has 0 bridgehead atoms. The van der Waals surface area contributed by atoms with Gasteiger partial charge in [-0.1, -0.05) is 12.1 Å². The molecule has 3 heterocycles. The van der Waals surface area contributed by atoms with Crippen molar-refractivity contribution in [3.63, 3.8) is 0 Å². The first-order chi connectivity index (χ1) is 12.0. The van der Waals surface area contributed by atoms with Gasteiger partial charge in [-0.25, -0.2) is 4.79 Å². The minimum Gasteiger partial charge on any atom is -0.493 e. The molecule has 2 saturated heterocycles. The third-order valence-corrected chi connectivity index (χ3v) is 5.86. The number of ether oxygens (including phenoxy) is 1. The summed E-state index contributed by atoms with van der Waals surface area (Å²) in [5.74, 6) is 0.988. The number of imide groups is 1. The molecule has 4 rings (SSSR count). The van der Waals surface area contributed by atoms with Crippen LogP contribution in [0.3, 0.4) is 0 Å². The van der Waals surface area contributed by atoms with Crippen LogP contribution in [-0.4, -0.2) is 48.6 Å². The normalized spacial score (nSPS) is 29.1. The minimum atomic E-state index is -0.777. The van der Waals surface area contributed by atoms with Gasteiger partial charge in [-0.05, 0) is 49.9 Å². The number of hydrogen-bond acceptors (Lipinski definition) is 4. The SMILES string of the molecule is C[C@@]1([C@@H]2CCCN(CCc3ccc4c(c3)CCO4)C2)NC(=O)NC1=O. The van der Waals surface area contributed by atoms with Crippen molar-refractivity contribution in [2.45, 2.75) is 38.1 Å². The van der Waals surface area contributed by atoms with E-state index >= 15 is 0 Å². The van der Waals surface area contributed by atoms with Gasteiger partial charge in [0.2, 0.25) is 0 Å². The summed E-state index contributed by atoms with van der Waals surface area (Å²) in [4.78, 5) is 26.1. The Morgan fingerprint density at radius 3 is 3.04 bits per heavy atom. The zero-order chi connectivity index (χ0) is 17.4. The predicted molar refractivity (Wildman–Crippen MR) is 93.6 cm³/mol. The molecule has 25 heavy (non-hydrogen) atoms. The summed E-state index contributed by atoms with van der Waals surface area (Å²) in [5.41, 5.74) is 1.87. The van der Waals surface area contributed by atoms with Crippen LogP contribution in [0.5, 0.6) is 5.75 Å². The van der Waals surface area contributed by atoms with Crippen LogP contribution in [0, 0.1) is 5.92 Å². The summed E-state index contributed by atoms with van der Waals surface area (Å²) in [6.07, 6.45) is 4.02. The number of carbonyl (C=O) groups is 2. The van der Waals surface area contributed by atoms with Crippen molar-refractivity contribution in [1.82, 2.24) is 15.5 Å². The highest BCUT2D eigenvalue weighted by atomic mass is 16.5. The lowest BCUT2D eigenvalue weighted by molar-refractivity contribution is -0.126. The average Bonchev–Trinajstić information content (AvgIpc) is 3.17. The van der Waals surface area contributed by atoms with Gasteiger partial charge in [0.25, 0.3) is 5.91 Å². The zero-order valence-electron chi connectivity index (χ0n) is 14.6. The number of amides is 3. The topological polar surface area (TPSA) is 70.7 Å². The summed E-state index contributed by atoms with van der Waals surface area (Å²) < 4.78 is 5.57. The van der Waals surface area contributed by atoms with Gasteiger partial charge in [0, 0.05) is 25.4 Å². The third-order valence-electron chi connectivity index (χ3n) is 5.86. The number of nitrogens with zero attached hydrogens (tertiary/aromatic N) is 1. The van der Waals surface area contributed by atoms with E-state index in [9.17, 15) is 9.59 Å². The highest BCUT2D eigenvalue weighted by Crippen LogP contribution is 2.30. The molecule has 2 atom stereocenters. The first-order valence-electron chi connectivity index (χ1n) is 9.15. The van der Waals surface area contributed by atoms with E-state index in [2.05, 4.69) is 33.7 Å². The van der Waals surface area contributed by atoms with Crippen LogP contribution < -0.4 is 15.4 Å². The van der Waals surface area contributed by atoms with Crippen LogP contribution in [0.2, 0.25) is 0 Å². The number of nitrogens with one attached hydrogen (secondary N) is 2. The molecule has 2 fully saturated rings. The fraction of sp³-hybridized carbons (Fsp3) is 0.579. The summed E-state index contributed by atoms with van der Waals surface area (Å²) in [6, 6.07) is 6.12. The molecule has 3 aliphatic rings. The molecule has 0 unspecified atom stereocenters. The number of benzene rings is 1. The van der Waals surface area contributed by atoms with Crippen molar-refractivity contribution < 1.29 is 14.3 Å². The monoisotopic (exact) mass is 343 g/mol. The Bertz CT molecular complexity index is 705. The molecule has 1 aromatic carbocycles. The fourth-order valence-corrected chi connectivity index (χ4v) is 4.26. The van der Waals surface area contributed by atoms with Gasteiger partial charge in [-0.3, -0.25) is 10.1 Å². The second-order valence-corrected chi connectivity index (χ2v) is 7.54. The molecule has 0 aromatic heterocycles. The summed E-state index contributed by atoms with van der Waals surface area (Å²) in [7, 11) is 0. The Labute approximate surface area is 147 Å². The lowest BCUT2D eigenvalue weighted by atomic mass is 9.80. The number of piperidine rings is 1. The van der Waals surface area contributed by atoms with Gasteiger partial charge < -0.3 is 15.0 Å². The first kappa shape index (κ1) is 16.4. The molecule has 0 spiro atoms. The number of hydrogen-bond donors (Lipinski definition) is 2. The standard InChI is InChI=1S/C19H25N3O3/c1-19(17(23)20-18(24)21-19)15-3-2-8-22(12-15)9-6-13-4-5-16-14(11-13)7-10-25-16/h4-5,11,15H,2-3,6-10,12H2,1H3,(H2,20,21,23,24)/t15-,19+/m1/s1. The van der Waals surface area contributed by atoms with Gasteiger partial charge in [0.1, 0.15) is 11.3 Å². The van der Waals surface area contributed by atoms with E-state index in [-0.39, 0.29) is 17.9 Å². The lowest BCUT2D eigenvalue weighted by Gasteiger charge is -2.39. The van der Waals surface area contributed by atoms with E-state index < -0.39 is 5.54 Å². The van der Waals surface area contributed by atoms with Crippen LogP contribution in [0.1, 0.15) is 30.9 Å². The molecule has 6 nitrogen and oxygen atoms in total. The molecular formula is C19H25N3O3. The third kappa shape index (κ3) is 3.11. The van der Waals surface area contributed by atoms with E-state index in [0.29, 0.717) is 0 Å². The first-order valence-corrected chi connectivity index (χ1v) is 9.15. The van der Waals surface area contributed by atoms with Gasteiger partial charge in [-0.15, -0.1) is 0 Å². The van der Waals surface area contributed by atoms with Crippen LogP contribution in [0.4, 0.5) is 4.79 Å². The zero-order valence-corrected chi connectivity index (χ0v) is 14.6. The van der Waals surface area contributed by atoms with E-state index in [1.165, 1.54) is 11.1 Å². The highest BCUT2D eigenvalue weighted by Gasteiger charge is 2.48. The molecular weight excluding hydrogens is 318 g/mol. The Morgan fingerprint density at radius 1 is 1.36 bits per heavy atom. The van der Waals surface area contributed by atoms with Crippen molar-refractivity contribution in [3.05, 3.63) is 29.3 Å². The van der Waals surface area contributed by atoms with Crippen molar-refractivity contribution in [2.24, 2.45) is 5.92 Å². The van der Waals surface area contributed by atoms with E-state index in [4.69, 9.17) is 4.74 Å². The average molecular weight is 343 g/mol. The predicted octanol–water partition coefficient (Wildman–Crippen LogP) is 1.47. The minimum absolute atomic E-state index is 0.154. The van der Waals surface area contributed by atoms with Gasteiger partial charge in [0.05, 0.1) is 6.61 Å². The Kier molecular flexibility index (Phi) is 4.15.